The molecule has 2 aromatic rings. The molecular formula is C17H13NO4. The summed E-state index contributed by atoms with van der Waals surface area (Å²) in [5, 5.41) is 2.91. The Bertz CT molecular complexity index is 816. The molecule has 5 rings (SSSR count). The molecule has 1 amide bonds. The van der Waals surface area contributed by atoms with E-state index in [2.05, 4.69) is 5.32 Å². The van der Waals surface area contributed by atoms with Crippen LogP contribution in [0.25, 0.3) is 0 Å². The van der Waals surface area contributed by atoms with Crippen LogP contribution in [0.2, 0.25) is 0 Å². The Balaban J connectivity index is 1.67. The molecule has 2 aromatic carbocycles. The maximum atomic E-state index is 12.6. The van der Waals surface area contributed by atoms with Crippen molar-refractivity contribution in [3.63, 3.8) is 0 Å². The van der Waals surface area contributed by atoms with Gasteiger partial charge in [0.1, 0.15) is 13.2 Å². The highest BCUT2D eigenvalue weighted by Crippen LogP contribution is 2.53. The molecule has 1 spiro atoms. The molecular weight excluding hydrogens is 282 g/mol. The highest BCUT2D eigenvalue weighted by molar-refractivity contribution is 6.06. The molecule has 5 nitrogen and oxygen atoms in total. The number of rotatable bonds is 0. The van der Waals surface area contributed by atoms with Crippen molar-refractivity contribution in [1.82, 2.24) is 0 Å². The number of para-hydroxylation sites is 1. The number of hydrogen-bond acceptors (Lipinski definition) is 4. The molecule has 3 aliphatic rings. The molecule has 110 valence electrons. The fraction of sp³-hybridized carbons (Fsp3) is 0.235. The predicted molar refractivity (Wildman–Crippen MR) is 78.5 cm³/mol. The molecule has 1 atom stereocenters. The van der Waals surface area contributed by atoms with E-state index in [4.69, 9.17) is 14.2 Å². The fourth-order valence-corrected chi connectivity index (χ4v) is 3.43. The molecule has 1 N–H and O–H groups in total. The van der Waals surface area contributed by atoms with Crippen LogP contribution in [-0.4, -0.2) is 19.1 Å². The molecule has 0 aliphatic carbocycles. The molecule has 0 bridgehead atoms. The Labute approximate surface area is 126 Å². The van der Waals surface area contributed by atoms with Crippen molar-refractivity contribution in [1.29, 1.82) is 0 Å². The monoisotopic (exact) mass is 295 g/mol. The lowest BCUT2D eigenvalue weighted by molar-refractivity contribution is -0.129. The highest BCUT2D eigenvalue weighted by Gasteiger charge is 2.54. The molecule has 0 aromatic heterocycles. The molecule has 22 heavy (non-hydrogen) atoms. The Morgan fingerprint density at radius 1 is 1.00 bits per heavy atom. The number of hydrogen-bond donors (Lipinski definition) is 1. The number of carbonyl (C=O) groups excluding carboxylic acids is 1. The van der Waals surface area contributed by atoms with Crippen molar-refractivity contribution in [2.45, 2.75) is 12.0 Å². The third kappa shape index (κ3) is 1.35. The molecule has 3 aliphatic heterocycles. The standard InChI is InChI=1S/C17H13NO4/c19-16-17(11-3-1-2-4-12(11)18-16)9-10-5-6-13-15(14(10)22-17)21-8-7-20-13/h1-6H,7-9H2,(H,18,19). The first-order valence-electron chi connectivity index (χ1n) is 7.29. The van der Waals surface area contributed by atoms with Gasteiger partial charge in [-0.25, -0.2) is 0 Å². The Kier molecular flexibility index (Phi) is 2.13. The van der Waals surface area contributed by atoms with E-state index in [9.17, 15) is 4.79 Å². The number of fused-ring (bicyclic) bond motifs is 5. The first kappa shape index (κ1) is 11.9. The van der Waals surface area contributed by atoms with Gasteiger partial charge in [0.05, 0.1) is 0 Å². The SMILES string of the molecule is O=C1Nc2ccccc2C12Cc1ccc3c(c1O2)OCCO3. The van der Waals surface area contributed by atoms with E-state index in [0.29, 0.717) is 36.9 Å². The lowest BCUT2D eigenvalue weighted by atomic mass is 9.90. The van der Waals surface area contributed by atoms with Crippen LogP contribution >= 0.6 is 0 Å². The van der Waals surface area contributed by atoms with Crippen molar-refractivity contribution in [3.8, 4) is 17.2 Å². The number of amides is 1. The van der Waals surface area contributed by atoms with E-state index in [1.165, 1.54) is 0 Å². The summed E-state index contributed by atoms with van der Waals surface area (Å²) in [6.45, 7) is 1.02. The van der Waals surface area contributed by atoms with Gasteiger partial charge in [0, 0.05) is 23.2 Å². The maximum Gasteiger partial charge on any atom is 0.273 e. The van der Waals surface area contributed by atoms with Gasteiger partial charge in [0.15, 0.2) is 11.5 Å². The van der Waals surface area contributed by atoms with Gasteiger partial charge in [-0.15, -0.1) is 0 Å². The molecule has 0 saturated carbocycles. The van der Waals surface area contributed by atoms with Crippen molar-refractivity contribution < 1.29 is 19.0 Å². The van der Waals surface area contributed by atoms with E-state index < -0.39 is 5.60 Å². The third-order valence-electron chi connectivity index (χ3n) is 4.44. The number of carbonyl (C=O) groups is 1. The van der Waals surface area contributed by atoms with Crippen LogP contribution in [0.3, 0.4) is 0 Å². The third-order valence-corrected chi connectivity index (χ3v) is 4.44. The number of benzene rings is 2. The van der Waals surface area contributed by atoms with Gasteiger partial charge in [0.2, 0.25) is 11.4 Å². The zero-order valence-corrected chi connectivity index (χ0v) is 11.7. The van der Waals surface area contributed by atoms with Gasteiger partial charge >= 0.3 is 0 Å². The molecule has 0 radical (unpaired) electrons. The van der Waals surface area contributed by atoms with Crippen LogP contribution in [0.1, 0.15) is 11.1 Å². The molecule has 0 fully saturated rings. The van der Waals surface area contributed by atoms with Gasteiger partial charge < -0.3 is 19.5 Å². The Morgan fingerprint density at radius 3 is 2.82 bits per heavy atom. The van der Waals surface area contributed by atoms with Crippen molar-refractivity contribution in [3.05, 3.63) is 47.5 Å². The summed E-state index contributed by atoms with van der Waals surface area (Å²) in [5.41, 5.74) is 1.67. The van der Waals surface area contributed by atoms with Crippen LogP contribution in [0.5, 0.6) is 17.2 Å². The van der Waals surface area contributed by atoms with Crippen LogP contribution in [0.15, 0.2) is 36.4 Å². The van der Waals surface area contributed by atoms with Crippen molar-refractivity contribution in [2.24, 2.45) is 0 Å². The molecule has 3 heterocycles. The van der Waals surface area contributed by atoms with Crippen LogP contribution < -0.4 is 19.5 Å². The van der Waals surface area contributed by atoms with Gasteiger partial charge in [-0.1, -0.05) is 24.3 Å². The summed E-state index contributed by atoms with van der Waals surface area (Å²) in [5.74, 6) is 1.78. The van der Waals surface area contributed by atoms with E-state index >= 15 is 0 Å². The second kappa shape index (κ2) is 3.94. The van der Waals surface area contributed by atoms with E-state index in [0.717, 1.165) is 16.8 Å². The second-order valence-corrected chi connectivity index (χ2v) is 5.68. The minimum Gasteiger partial charge on any atom is -0.486 e. The van der Waals surface area contributed by atoms with Gasteiger partial charge in [-0.3, -0.25) is 4.79 Å². The first-order chi connectivity index (χ1) is 10.8. The van der Waals surface area contributed by atoms with Crippen molar-refractivity contribution >= 4 is 11.6 Å². The summed E-state index contributed by atoms with van der Waals surface area (Å²) >= 11 is 0. The average molecular weight is 295 g/mol. The summed E-state index contributed by atoms with van der Waals surface area (Å²) in [6.07, 6.45) is 0.502. The summed E-state index contributed by atoms with van der Waals surface area (Å²) in [4.78, 5) is 12.6. The fourth-order valence-electron chi connectivity index (χ4n) is 3.43. The highest BCUT2D eigenvalue weighted by atomic mass is 16.6. The number of anilines is 1. The smallest absolute Gasteiger partial charge is 0.273 e. The second-order valence-electron chi connectivity index (χ2n) is 5.68. The lowest BCUT2D eigenvalue weighted by Gasteiger charge is -2.23. The zero-order valence-electron chi connectivity index (χ0n) is 11.7. The van der Waals surface area contributed by atoms with Gasteiger partial charge in [-0.05, 0) is 12.1 Å². The maximum absolute atomic E-state index is 12.6. The Hall–Kier alpha value is -2.69. The topological polar surface area (TPSA) is 56.8 Å². The summed E-state index contributed by atoms with van der Waals surface area (Å²) in [7, 11) is 0. The first-order valence-corrected chi connectivity index (χ1v) is 7.29. The lowest BCUT2D eigenvalue weighted by Crippen LogP contribution is -2.38. The van der Waals surface area contributed by atoms with Crippen LogP contribution in [-0.2, 0) is 16.8 Å². The van der Waals surface area contributed by atoms with Crippen molar-refractivity contribution in [2.75, 3.05) is 18.5 Å². The average Bonchev–Trinajstić information content (AvgIpc) is 3.08. The van der Waals surface area contributed by atoms with Gasteiger partial charge in [-0.2, -0.15) is 0 Å². The van der Waals surface area contributed by atoms with Gasteiger partial charge in [0.25, 0.3) is 5.91 Å². The van der Waals surface area contributed by atoms with E-state index in [1.807, 2.05) is 36.4 Å². The van der Waals surface area contributed by atoms with E-state index in [1.54, 1.807) is 0 Å². The summed E-state index contributed by atoms with van der Waals surface area (Å²) < 4.78 is 17.5. The quantitative estimate of drug-likeness (QED) is 0.810. The predicted octanol–water partition coefficient (Wildman–Crippen LogP) is 2.24. The summed E-state index contributed by atoms with van der Waals surface area (Å²) in [6, 6.07) is 11.5. The zero-order chi connectivity index (χ0) is 14.7. The largest absolute Gasteiger partial charge is 0.486 e. The number of nitrogens with one attached hydrogen (secondary N) is 1. The van der Waals surface area contributed by atoms with Crippen LogP contribution in [0.4, 0.5) is 5.69 Å². The van der Waals surface area contributed by atoms with E-state index in [-0.39, 0.29) is 5.91 Å². The minimum absolute atomic E-state index is 0.129. The molecule has 0 saturated heterocycles. The minimum atomic E-state index is -0.991. The number of ether oxygens (including phenoxy) is 3. The normalized spacial score (nSPS) is 23.7. The Morgan fingerprint density at radius 2 is 1.86 bits per heavy atom. The molecule has 5 heteroatoms. The van der Waals surface area contributed by atoms with Crippen LogP contribution in [0, 0.1) is 0 Å². The molecule has 1 unspecified atom stereocenters.